The number of unbranched alkanes of at least 4 members (excludes halogenated alkanes) is 2. The van der Waals surface area contributed by atoms with E-state index in [1.54, 1.807) is 17.4 Å². The quantitative estimate of drug-likeness (QED) is 0.234. The van der Waals surface area contributed by atoms with Gasteiger partial charge in [0, 0.05) is 11.4 Å². The predicted molar refractivity (Wildman–Crippen MR) is 132 cm³/mol. The number of thioether (sulfide) groups is 1. The lowest BCUT2D eigenvalue weighted by Crippen LogP contribution is -2.24. The van der Waals surface area contributed by atoms with Crippen LogP contribution in [0.3, 0.4) is 0 Å². The molecule has 1 aliphatic rings. The topological polar surface area (TPSA) is 80.6 Å². The van der Waals surface area contributed by atoms with Gasteiger partial charge in [0.05, 0.1) is 22.0 Å². The molecule has 1 N–H and O–H groups in total. The molecule has 0 bridgehead atoms. The van der Waals surface area contributed by atoms with Crippen molar-refractivity contribution in [3.05, 3.63) is 61.2 Å². The van der Waals surface area contributed by atoms with Crippen molar-refractivity contribution < 1.29 is 0 Å². The maximum Gasteiger partial charge on any atom is 0.263 e. The minimum Gasteiger partial charge on any atom is -0.309 e. The standard InChI is InChI=1S/C24H26N4O2S2/c1-2-3-8-13-28-23(30)20-16-10-5-7-12-18(16)32-22(20)27-24(28)31-14-19-25-17-11-6-4-9-15(17)21(29)26-19/h4,6,9,11H,2-3,5,7-8,10,12-14H2,1H3,(H,25,26,29). The van der Waals surface area contributed by atoms with E-state index >= 15 is 0 Å². The molecule has 0 unspecified atom stereocenters. The Labute approximate surface area is 194 Å². The Kier molecular flexibility index (Phi) is 6.15. The number of benzene rings is 1. The fraction of sp³-hybridized carbons (Fsp3) is 0.417. The first-order valence-electron chi connectivity index (χ1n) is 11.3. The van der Waals surface area contributed by atoms with Crippen molar-refractivity contribution in [1.29, 1.82) is 0 Å². The number of thiophene rings is 1. The van der Waals surface area contributed by atoms with E-state index in [9.17, 15) is 9.59 Å². The molecule has 0 atom stereocenters. The van der Waals surface area contributed by atoms with Crippen molar-refractivity contribution in [2.75, 3.05) is 0 Å². The average Bonchev–Trinajstić information content (AvgIpc) is 3.18. The molecule has 4 aromatic rings. The zero-order valence-corrected chi connectivity index (χ0v) is 19.8. The van der Waals surface area contributed by atoms with Gasteiger partial charge in [-0.05, 0) is 49.8 Å². The normalized spacial score (nSPS) is 13.7. The Balaban J connectivity index is 1.52. The molecule has 1 aliphatic carbocycles. The van der Waals surface area contributed by atoms with Crippen molar-refractivity contribution in [3.8, 4) is 0 Å². The summed E-state index contributed by atoms with van der Waals surface area (Å²) >= 11 is 3.16. The Morgan fingerprint density at radius 1 is 1.12 bits per heavy atom. The summed E-state index contributed by atoms with van der Waals surface area (Å²) in [5.74, 6) is 1.05. The van der Waals surface area contributed by atoms with E-state index in [1.807, 2.05) is 22.8 Å². The van der Waals surface area contributed by atoms with E-state index in [1.165, 1.54) is 28.6 Å². The van der Waals surface area contributed by atoms with Crippen molar-refractivity contribution in [2.24, 2.45) is 0 Å². The van der Waals surface area contributed by atoms with E-state index < -0.39 is 0 Å². The Bertz CT molecular complexity index is 1400. The van der Waals surface area contributed by atoms with Gasteiger partial charge in [0.25, 0.3) is 11.1 Å². The minimum atomic E-state index is -0.138. The molecule has 3 aromatic heterocycles. The zero-order chi connectivity index (χ0) is 22.1. The Morgan fingerprint density at radius 3 is 2.84 bits per heavy atom. The van der Waals surface area contributed by atoms with Crippen molar-refractivity contribution >= 4 is 44.2 Å². The second-order valence-corrected chi connectivity index (χ2v) is 10.3. The highest BCUT2D eigenvalue weighted by Gasteiger charge is 2.22. The fourth-order valence-electron chi connectivity index (χ4n) is 4.38. The van der Waals surface area contributed by atoms with Gasteiger partial charge in [0.15, 0.2) is 5.16 Å². The fourth-order valence-corrected chi connectivity index (χ4v) is 6.58. The average molecular weight is 467 g/mol. The molecule has 1 aromatic carbocycles. The summed E-state index contributed by atoms with van der Waals surface area (Å²) in [4.78, 5) is 40.6. The van der Waals surface area contributed by atoms with Crippen LogP contribution in [0.5, 0.6) is 0 Å². The summed E-state index contributed by atoms with van der Waals surface area (Å²) in [6.07, 6.45) is 7.50. The molecule has 0 saturated heterocycles. The van der Waals surface area contributed by atoms with Gasteiger partial charge in [-0.3, -0.25) is 14.2 Å². The molecule has 166 valence electrons. The summed E-state index contributed by atoms with van der Waals surface area (Å²) in [5.41, 5.74) is 1.87. The summed E-state index contributed by atoms with van der Waals surface area (Å²) < 4.78 is 1.85. The molecular formula is C24H26N4O2S2. The van der Waals surface area contributed by atoms with E-state index in [0.29, 0.717) is 34.2 Å². The van der Waals surface area contributed by atoms with Crippen LogP contribution in [0.4, 0.5) is 0 Å². The first kappa shape index (κ1) is 21.4. The van der Waals surface area contributed by atoms with Gasteiger partial charge in [-0.1, -0.05) is 43.7 Å². The number of hydrogen-bond donors (Lipinski definition) is 1. The number of para-hydroxylation sites is 1. The monoisotopic (exact) mass is 466 g/mol. The van der Waals surface area contributed by atoms with E-state index in [0.717, 1.165) is 48.7 Å². The van der Waals surface area contributed by atoms with Crippen LogP contribution in [-0.2, 0) is 25.1 Å². The second kappa shape index (κ2) is 9.19. The molecule has 8 heteroatoms. The SMILES string of the molecule is CCCCCn1c(SCc2nc3ccccc3c(=O)[nH]2)nc2sc3c(c2c1=O)CCCC3. The van der Waals surface area contributed by atoms with Gasteiger partial charge < -0.3 is 4.98 Å². The minimum absolute atomic E-state index is 0.0907. The van der Waals surface area contributed by atoms with E-state index in [2.05, 4.69) is 16.9 Å². The molecule has 0 radical (unpaired) electrons. The van der Waals surface area contributed by atoms with Crippen LogP contribution >= 0.6 is 23.1 Å². The highest BCUT2D eigenvalue weighted by molar-refractivity contribution is 7.98. The first-order chi connectivity index (χ1) is 15.7. The van der Waals surface area contributed by atoms with Gasteiger partial charge in [-0.15, -0.1) is 11.3 Å². The number of aryl methyl sites for hydroxylation is 2. The summed E-state index contributed by atoms with van der Waals surface area (Å²) in [6.45, 7) is 2.83. The van der Waals surface area contributed by atoms with Crippen LogP contribution in [0.25, 0.3) is 21.1 Å². The van der Waals surface area contributed by atoms with Crippen LogP contribution in [0, 0.1) is 0 Å². The molecule has 0 spiro atoms. The third kappa shape index (κ3) is 4.01. The van der Waals surface area contributed by atoms with Gasteiger partial charge in [-0.25, -0.2) is 9.97 Å². The van der Waals surface area contributed by atoms with Gasteiger partial charge in [0.2, 0.25) is 0 Å². The third-order valence-corrected chi connectivity index (χ3v) is 8.20. The maximum atomic E-state index is 13.6. The van der Waals surface area contributed by atoms with Crippen LogP contribution in [0.15, 0.2) is 39.0 Å². The number of fused-ring (bicyclic) bond motifs is 4. The van der Waals surface area contributed by atoms with E-state index in [4.69, 9.17) is 4.98 Å². The Morgan fingerprint density at radius 2 is 1.97 bits per heavy atom. The van der Waals surface area contributed by atoms with Crippen LogP contribution in [0.1, 0.15) is 55.3 Å². The van der Waals surface area contributed by atoms with Crippen molar-refractivity contribution in [3.63, 3.8) is 0 Å². The van der Waals surface area contributed by atoms with Crippen LogP contribution in [0.2, 0.25) is 0 Å². The van der Waals surface area contributed by atoms with Crippen molar-refractivity contribution in [1.82, 2.24) is 19.5 Å². The molecule has 3 heterocycles. The molecule has 0 fully saturated rings. The zero-order valence-electron chi connectivity index (χ0n) is 18.1. The smallest absolute Gasteiger partial charge is 0.263 e. The molecule has 0 aliphatic heterocycles. The number of aromatic nitrogens is 4. The second-order valence-electron chi connectivity index (χ2n) is 8.27. The lowest BCUT2D eigenvalue weighted by Gasteiger charge is -2.13. The summed E-state index contributed by atoms with van der Waals surface area (Å²) in [5, 5.41) is 2.14. The Hall–Kier alpha value is -2.45. The van der Waals surface area contributed by atoms with Crippen LogP contribution in [-0.4, -0.2) is 19.5 Å². The predicted octanol–water partition coefficient (Wildman–Crippen LogP) is 5.06. The molecule has 0 amide bonds. The van der Waals surface area contributed by atoms with Gasteiger partial charge in [-0.2, -0.15) is 0 Å². The summed E-state index contributed by atoms with van der Waals surface area (Å²) in [7, 11) is 0. The highest BCUT2D eigenvalue weighted by atomic mass is 32.2. The number of rotatable bonds is 7. The van der Waals surface area contributed by atoms with E-state index in [-0.39, 0.29) is 11.1 Å². The molecule has 5 rings (SSSR count). The van der Waals surface area contributed by atoms with Crippen molar-refractivity contribution in [2.45, 2.75) is 69.3 Å². The number of nitrogens with one attached hydrogen (secondary N) is 1. The van der Waals surface area contributed by atoms with Gasteiger partial charge >= 0.3 is 0 Å². The van der Waals surface area contributed by atoms with Crippen LogP contribution < -0.4 is 11.1 Å². The lowest BCUT2D eigenvalue weighted by atomic mass is 9.97. The van der Waals surface area contributed by atoms with Gasteiger partial charge in [0.1, 0.15) is 10.7 Å². The highest BCUT2D eigenvalue weighted by Crippen LogP contribution is 2.35. The molecule has 0 saturated carbocycles. The molecule has 32 heavy (non-hydrogen) atoms. The third-order valence-electron chi connectivity index (χ3n) is 6.02. The number of H-pyrrole nitrogens is 1. The number of aromatic amines is 1. The number of hydrogen-bond acceptors (Lipinski definition) is 6. The first-order valence-corrected chi connectivity index (χ1v) is 13.1. The molecule has 6 nitrogen and oxygen atoms in total. The molecular weight excluding hydrogens is 440 g/mol. The largest absolute Gasteiger partial charge is 0.309 e. The number of nitrogens with zero attached hydrogens (tertiary/aromatic N) is 3. The lowest BCUT2D eigenvalue weighted by molar-refractivity contribution is 0.541. The maximum absolute atomic E-state index is 13.6. The summed E-state index contributed by atoms with van der Waals surface area (Å²) in [6, 6.07) is 7.34.